The van der Waals surface area contributed by atoms with Gasteiger partial charge in [-0.1, -0.05) is 43.2 Å². The lowest BCUT2D eigenvalue weighted by Gasteiger charge is -2.24. The maximum atomic E-state index is 12.6. The van der Waals surface area contributed by atoms with E-state index in [0.717, 1.165) is 48.1 Å². The van der Waals surface area contributed by atoms with Crippen LogP contribution < -0.4 is 16.0 Å². The van der Waals surface area contributed by atoms with Gasteiger partial charge in [0, 0.05) is 24.4 Å². The van der Waals surface area contributed by atoms with E-state index in [9.17, 15) is 9.90 Å². The number of benzene rings is 2. The lowest BCUT2D eigenvalue weighted by molar-refractivity contribution is 0.0931. The van der Waals surface area contributed by atoms with Crippen molar-refractivity contribution in [2.24, 2.45) is 0 Å². The van der Waals surface area contributed by atoms with Gasteiger partial charge in [-0.05, 0) is 42.2 Å². The van der Waals surface area contributed by atoms with E-state index >= 15 is 0 Å². The Morgan fingerprint density at radius 1 is 1.11 bits per heavy atom. The fourth-order valence-electron chi connectivity index (χ4n) is 5.27. The molecule has 1 aliphatic carbocycles. The van der Waals surface area contributed by atoms with Gasteiger partial charge in [0.1, 0.15) is 5.82 Å². The number of fused-ring (bicyclic) bond motifs is 2. The number of anilines is 3. The van der Waals surface area contributed by atoms with Crippen LogP contribution in [-0.4, -0.2) is 37.8 Å². The van der Waals surface area contributed by atoms with Crippen molar-refractivity contribution in [1.29, 1.82) is 0 Å². The zero-order valence-electron chi connectivity index (χ0n) is 20.4. The van der Waals surface area contributed by atoms with Gasteiger partial charge < -0.3 is 25.5 Å². The fourth-order valence-corrected chi connectivity index (χ4v) is 5.27. The minimum atomic E-state index is -0.411. The molecule has 3 heterocycles. The molecule has 0 radical (unpaired) electrons. The monoisotopic (exact) mass is 497 g/mol. The van der Waals surface area contributed by atoms with Crippen molar-refractivity contribution in [1.82, 2.24) is 25.5 Å². The Balaban J connectivity index is 1.34. The summed E-state index contributed by atoms with van der Waals surface area (Å²) in [7, 11) is 0. The molecule has 10 heteroatoms. The molecule has 0 bridgehead atoms. The number of hydrogen-bond acceptors (Lipinski definition) is 9. The molecule has 188 valence electrons. The molecule has 2 aromatic heterocycles. The van der Waals surface area contributed by atoms with Gasteiger partial charge in [0.15, 0.2) is 0 Å². The number of rotatable bonds is 7. The smallest absolute Gasteiger partial charge is 0.253 e. The second-order valence-corrected chi connectivity index (χ2v) is 9.50. The first kappa shape index (κ1) is 23.1. The van der Waals surface area contributed by atoms with Crippen molar-refractivity contribution in [3.8, 4) is 11.5 Å². The number of carbonyl (C=O) groups is 1. The molecular weight excluding hydrogens is 470 g/mol. The Labute approximate surface area is 213 Å². The molecule has 2 aromatic carbocycles. The lowest BCUT2D eigenvalue weighted by Crippen LogP contribution is -2.36. The van der Waals surface area contributed by atoms with Crippen molar-refractivity contribution < 1.29 is 14.3 Å². The minimum absolute atomic E-state index is 0.0126. The molecule has 37 heavy (non-hydrogen) atoms. The van der Waals surface area contributed by atoms with Crippen molar-refractivity contribution in [2.75, 3.05) is 17.2 Å². The second kappa shape index (κ2) is 9.29. The van der Waals surface area contributed by atoms with Crippen LogP contribution in [-0.2, 0) is 5.54 Å². The topological polar surface area (TPSA) is 138 Å². The first-order valence-corrected chi connectivity index (χ1v) is 12.4. The summed E-state index contributed by atoms with van der Waals surface area (Å²) in [5, 5.41) is 28.0. The van der Waals surface area contributed by atoms with Crippen LogP contribution >= 0.6 is 0 Å². The van der Waals surface area contributed by atoms with Crippen LogP contribution in [0.3, 0.4) is 0 Å². The maximum absolute atomic E-state index is 12.6. The zero-order valence-corrected chi connectivity index (χ0v) is 20.4. The molecule has 4 aromatic rings. The summed E-state index contributed by atoms with van der Waals surface area (Å²) in [6.07, 6.45) is 5.69. The Bertz CT molecular complexity index is 1450. The van der Waals surface area contributed by atoms with Crippen molar-refractivity contribution in [3.05, 3.63) is 77.3 Å². The zero-order chi connectivity index (χ0) is 25.4. The van der Waals surface area contributed by atoms with Crippen molar-refractivity contribution in [3.63, 3.8) is 0 Å². The number of hydrogen-bond donors (Lipinski definition) is 4. The van der Waals surface area contributed by atoms with Crippen LogP contribution in [0.2, 0.25) is 0 Å². The van der Waals surface area contributed by atoms with Gasteiger partial charge in [-0.2, -0.15) is 4.98 Å². The number of aromatic nitrogens is 4. The number of aliphatic hydroxyl groups is 1. The van der Waals surface area contributed by atoms with E-state index in [-0.39, 0.29) is 23.9 Å². The SMILES string of the molecule is Cc1nnc(-c2cnc(Nc3ccc4c(c3)C3(CCCC3)NC4=O)nc2N[C@H](CO)c2ccccc2)o1. The molecule has 4 N–H and O–H groups in total. The highest BCUT2D eigenvalue weighted by Crippen LogP contribution is 2.45. The van der Waals surface area contributed by atoms with Gasteiger partial charge >= 0.3 is 0 Å². The summed E-state index contributed by atoms with van der Waals surface area (Å²) >= 11 is 0. The molecule has 0 saturated heterocycles. The molecule has 2 aliphatic rings. The van der Waals surface area contributed by atoms with E-state index < -0.39 is 6.04 Å². The molecule has 10 nitrogen and oxygen atoms in total. The third-order valence-electron chi connectivity index (χ3n) is 7.09. The van der Waals surface area contributed by atoms with Gasteiger partial charge in [0.05, 0.1) is 23.8 Å². The van der Waals surface area contributed by atoms with Gasteiger partial charge in [0.25, 0.3) is 11.8 Å². The van der Waals surface area contributed by atoms with E-state index in [0.29, 0.717) is 23.2 Å². The molecule has 1 atom stereocenters. The van der Waals surface area contributed by atoms with Gasteiger partial charge in [-0.15, -0.1) is 10.2 Å². The lowest BCUT2D eigenvalue weighted by atomic mass is 9.88. The van der Waals surface area contributed by atoms with Gasteiger partial charge in [-0.25, -0.2) is 4.98 Å². The number of carbonyl (C=O) groups excluding carboxylic acids is 1. The van der Waals surface area contributed by atoms with E-state index in [1.807, 2.05) is 48.5 Å². The molecule has 0 unspecified atom stereocenters. The molecule has 1 saturated carbocycles. The average molecular weight is 498 g/mol. The Morgan fingerprint density at radius 3 is 2.65 bits per heavy atom. The molecular formula is C27H27N7O3. The Kier molecular flexibility index (Phi) is 5.80. The summed E-state index contributed by atoms with van der Waals surface area (Å²) in [6, 6.07) is 14.9. The predicted molar refractivity (Wildman–Crippen MR) is 137 cm³/mol. The summed E-state index contributed by atoms with van der Waals surface area (Å²) < 4.78 is 5.64. The predicted octanol–water partition coefficient (Wildman–Crippen LogP) is 4.24. The van der Waals surface area contributed by atoms with Crippen LogP contribution in [0.5, 0.6) is 0 Å². The van der Waals surface area contributed by atoms with E-state index in [1.165, 1.54) is 0 Å². The average Bonchev–Trinajstić information content (AvgIpc) is 3.63. The third-order valence-corrected chi connectivity index (χ3v) is 7.09. The van der Waals surface area contributed by atoms with Crippen LogP contribution in [0.25, 0.3) is 11.5 Å². The summed E-state index contributed by atoms with van der Waals surface area (Å²) in [5.41, 5.74) is 3.70. The highest BCUT2D eigenvalue weighted by atomic mass is 16.4. The van der Waals surface area contributed by atoms with Crippen LogP contribution in [0, 0.1) is 6.92 Å². The van der Waals surface area contributed by atoms with Crippen molar-refractivity contribution >= 4 is 23.4 Å². The van der Waals surface area contributed by atoms with E-state index in [1.54, 1.807) is 13.1 Å². The highest BCUT2D eigenvalue weighted by Gasteiger charge is 2.44. The van der Waals surface area contributed by atoms with Crippen LogP contribution in [0.4, 0.5) is 17.5 Å². The number of nitrogens with zero attached hydrogens (tertiary/aromatic N) is 4. The van der Waals surface area contributed by atoms with E-state index in [2.05, 4.69) is 31.1 Å². The first-order chi connectivity index (χ1) is 18.0. The molecule has 1 aliphatic heterocycles. The molecule has 1 amide bonds. The first-order valence-electron chi connectivity index (χ1n) is 12.4. The maximum Gasteiger partial charge on any atom is 0.253 e. The number of aryl methyl sites for hydroxylation is 1. The number of amides is 1. The number of nitrogens with one attached hydrogen (secondary N) is 3. The second-order valence-electron chi connectivity index (χ2n) is 9.50. The largest absolute Gasteiger partial charge is 0.421 e. The standard InChI is InChI=1S/C27H27N7O3/c1-16-33-34-25(37-16)20-14-28-26(31-23(20)30-22(15-35)17-7-3-2-4-8-17)29-18-9-10-19-21(13-18)27(32-24(19)36)11-5-6-12-27/h2-4,7-10,13-14,22,35H,5-6,11-12,15H2,1H3,(H,32,36)(H2,28,29,30,31)/t22-/m1/s1. The van der Waals surface area contributed by atoms with Crippen molar-refractivity contribution in [2.45, 2.75) is 44.2 Å². The summed E-state index contributed by atoms with van der Waals surface area (Å²) in [6.45, 7) is 1.57. The highest BCUT2D eigenvalue weighted by molar-refractivity contribution is 6.00. The molecule has 1 fully saturated rings. The number of aliphatic hydroxyl groups excluding tert-OH is 1. The van der Waals surface area contributed by atoms with Crippen LogP contribution in [0.15, 0.2) is 59.1 Å². The minimum Gasteiger partial charge on any atom is -0.421 e. The normalized spacial score (nSPS) is 16.4. The van der Waals surface area contributed by atoms with Gasteiger partial charge in [0.2, 0.25) is 11.8 Å². The van der Waals surface area contributed by atoms with E-state index in [4.69, 9.17) is 9.40 Å². The third kappa shape index (κ3) is 4.29. The van der Waals surface area contributed by atoms with Gasteiger partial charge in [-0.3, -0.25) is 4.79 Å². The quantitative estimate of drug-likeness (QED) is 0.295. The molecule has 6 rings (SSSR count). The van der Waals surface area contributed by atoms with Crippen LogP contribution in [0.1, 0.15) is 59.1 Å². The Hall–Kier alpha value is -4.31. The Morgan fingerprint density at radius 2 is 1.92 bits per heavy atom. The summed E-state index contributed by atoms with van der Waals surface area (Å²) in [5.74, 6) is 1.48. The summed E-state index contributed by atoms with van der Waals surface area (Å²) in [4.78, 5) is 21.8. The molecule has 1 spiro atoms. The fraction of sp³-hybridized carbons (Fsp3) is 0.296.